The van der Waals surface area contributed by atoms with Crippen LogP contribution in [0.25, 0.3) is 5.65 Å². The molecule has 2 rings (SSSR count). The van der Waals surface area contributed by atoms with E-state index in [4.69, 9.17) is 0 Å². The van der Waals surface area contributed by atoms with Crippen molar-refractivity contribution in [3.05, 3.63) is 30.1 Å². The molecule has 0 spiro atoms. The molecule has 0 unspecified atom stereocenters. The predicted octanol–water partition coefficient (Wildman–Crippen LogP) is 2.54. The van der Waals surface area contributed by atoms with Crippen LogP contribution in [0.1, 0.15) is 10.5 Å². The molecule has 0 aromatic carbocycles. The quantitative estimate of drug-likeness (QED) is 0.493. The van der Waals surface area contributed by atoms with E-state index in [1.54, 1.807) is 0 Å². The molecule has 2 aromatic rings. The summed E-state index contributed by atoms with van der Waals surface area (Å²) < 4.78 is 81.8. The van der Waals surface area contributed by atoms with Gasteiger partial charge in [-0.25, -0.2) is 0 Å². The molecule has 0 aliphatic carbocycles. The average Bonchev–Trinajstić information content (AvgIpc) is 2.69. The van der Waals surface area contributed by atoms with Gasteiger partial charge in [-0.05, 0) is 6.07 Å². The van der Waals surface area contributed by atoms with Crippen LogP contribution < -0.4 is 9.30 Å². The van der Waals surface area contributed by atoms with E-state index in [0.29, 0.717) is 4.57 Å². The largest absolute Gasteiger partial charge is 0.462 e. The number of pyridine rings is 1. The van der Waals surface area contributed by atoms with Gasteiger partial charge in [0.15, 0.2) is 6.54 Å². The van der Waals surface area contributed by atoms with Crippen LogP contribution in [0.4, 0.5) is 26.3 Å². The number of carbonyl (C=O) groups is 1. The molecule has 0 fully saturated rings. The number of halogens is 6. The van der Waals surface area contributed by atoms with Crippen LogP contribution in [0.5, 0.6) is 5.88 Å². The number of aromatic nitrogens is 2. The van der Waals surface area contributed by atoms with Gasteiger partial charge in [0.25, 0.3) is 11.3 Å². The third kappa shape index (κ3) is 2.85. The third-order valence-corrected chi connectivity index (χ3v) is 2.81. The zero-order valence-corrected chi connectivity index (χ0v) is 11.0. The van der Waals surface area contributed by atoms with Crippen molar-refractivity contribution in [3.8, 4) is 5.88 Å². The zero-order valence-electron chi connectivity index (χ0n) is 11.0. The van der Waals surface area contributed by atoms with E-state index in [9.17, 15) is 31.1 Å². The highest BCUT2D eigenvalue weighted by Gasteiger charge is 2.48. The number of Topliss-reactive ketones (excluding diaryl/α,β-unsaturated/α-hetero) is 1. The van der Waals surface area contributed by atoms with Gasteiger partial charge in [0.05, 0.1) is 13.3 Å². The fraction of sp³-hybridized carbons (Fsp3) is 0.333. The number of ketones is 1. The fourth-order valence-corrected chi connectivity index (χ4v) is 2.06. The Morgan fingerprint density at radius 1 is 1.23 bits per heavy atom. The van der Waals surface area contributed by atoms with Crippen LogP contribution in [-0.4, -0.2) is 29.6 Å². The van der Waals surface area contributed by atoms with Crippen molar-refractivity contribution in [2.24, 2.45) is 0 Å². The maximum Gasteiger partial charge on any atom is 0.459 e. The Bertz CT molecular complexity index is 717. The lowest BCUT2D eigenvalue weighted by Crippen LogP contribution is -2.42. The number of hydrogen-bond donors (Lipinski definition) is 0. The average molecular weight is 327 g/mol. The van der Waals surface area contributed by atoms with E-state index in [1.807, 2.05) is 0 Å². The second-order valence-electron chi connectivity index (χ2n) is 4.31. The summed E-state index contributed by atoms with van der Waals surface area (Å²) in [6.45, 7) is -1.59. The number of nitrogens with zero attached hydrogens (tertiary/aromatic N) is 2. The number of rotatable bonds is 3. The molecule has 0 radical (unpaired) electrons. The van der Waals surface area contributed by atoms with Crippen molar-refractivity contribution >= 4 is 11.4 Å². The molecule has 0 N–H and O–H groups in total. The molecule has 0 bridgehead atoms. The summed E-state index contributed by atoms with van der Waals surface area (Å²) in [5, 5.41) is 0. The number of methoxy groups -OCH3 is 1. The van der Waals surface area contributed by atoms with Gasteiger partial charge >= 0.3 is 24.0 Å². The SMILES string of the molecule is COc1c(C(=O)C(F)(F)F)n2ccccc2[n+]1CC(F)(F)F. The number of carbonyl (C=O) groups excluding carboxylic acids is 1. The highest BCUT2D eigenvalue weighted by molar-refractivity contribution is 6.01. The lowest BCUT2D eigenvalue weighted by Gasteiger charge is -2.06. The molecule has 4 nitrogen and oxygen atoms in total. The Labute approximate surface area is 119 Å². The van der Waals surface area contributed by atoms with Gasteiger partial charge < -0.3 is 4.74 Å². The second kappa shape index (κ2) is 5.18. The normalized spacial score (nSPS) is 12.7. The van der Waals surface area contributed by atoms with E-state index in [2.05, 4.69) is 4.74 Å². The molecular formula is C12H9F6N2O2+. The summed E-state index contributed by atoms with van der Waals surface area (Å²) >= 11 is 0. The predicted molar refractivity (Wildman–Crippen MR) is 60.6 cm³/mol. The summed E-state index contributed by atoms with van der Waals surface area (Å²) in [6, 6.07) is 3.78. The van der Waals surface area contributed by atoms with Crippen LogP contribution in [0.2, 0.25) is 0 Å². The molecule has 0 saturated heterocycles. The minimum absolute atomic E-state index is 0.246. The smallest absolute Gasteiger partial charge is 0.459 e. The van der Waals surface area contributed by atoms with Crippen LogP contribution >= 0.6 is 0 Å². The first-order valence-electron chi connectivity index (χ1n) is 5.81. The Hall–Kier alpha value is -2.26. The molecule has 0 aliphatic heterocycles. The van der Waals surface area contributed by atoms with Gasteiger partial charge in [0.1, 0.15) is 0 Å². The summed E-state index contributed by atoms with van der Waals surface area (Å²) in [7, 11) is 0.898. The molecule has 0 atom stereocenters. The van der Waals surface area contributed by atoms with Crippen molar-refractivity contribution in [3.63, 3.8) is 0 Å². The van der Waals surface area contributed by atoms with Gasteiger partial charge in [0.2, 0.25) is 0 Å². The molecule has 0 aliphatic rings. The Kier molecular flexibility index (Phi) is 3.80. The number of imidazole rings is 1. The topological polar surface area (TPSA) is 34.6 Å². The van der Waals surface area contributed by atoms with Crippen molar-refractivity contribution in [2.45, 2.75) is 18.9 Å². The number of fused-ring (bicyclic) bond motifs is 1. The van der Waals surface area contributed by atoms with Crippen molar-refractivity contribution in [1.29, 1.82) is 0 Å². The van der Waals surface area contributed by atoms with E-state index in [-0.39, 0.29) is 5.65 Å². The van der Waals surface area contributed by atoms with E-state index < -0.39 is 36.3 Å². The highest BCUT2D eigenvalue weighted by Crippen LogP contribution is 2.28. The molecule has 2 aromatic heterocycles. The van der Waals surface area contributed by atoms with Gasteiger partial charge in [-0.1, -0.05) is 6.07 Å². The highest BCUT2D eigenvalue weighted by atomic mass is 19.4. The molecular weight excluding hydrogens is 318 g/mol. The van der Waals surface area contributed by atoms with E-state index in [1.165, 1.54) is 12.1 Å². The molecule has 0 saturated carbocycles. The van der Waals surface area contributed by atoms with Gasteiger partial charge in [0, 0.05) is 6.07 Å². The van der Waals surface area contributed by atoms with Gasteiger partial charge in [-0.3, -0.25) is 4.79 Å². The zero-order chi connectivity index (χ0) is 16.7. The standard InChI is InChI=1S/C12H9F6N2O2/c1-22-10-8(9(21)12(16,17)18)19-5-3-2-4-7(19)20(10)6-11(13,14)15/h2-5H,6H2,1H3/q+1. The monoisotopic (exact) mass is 327 g/mol. The van der Waals surface area contributed by atoms with Crippen LogP contribution in [0.3, 0.4) is 0 Å². The molecule has 10 heteroatoms. The summed E-state index contributed by atoms with van der Waals surface area (Å²) in [5.74, 6) is -3.09. The minimum atomic E-state index is -5.24. The maximum absolute atomic E-state index is 12.7. The van der Waals surface area contributed by atoms with E-state index >= 15 is 0 Å². The fourth-order valence-electron chi connectivity index (χ4n) is 2.06. The van der Waals surface area contributed by atoms with Crippen molar-refractivity contribution in [1.82, 2.24) is 4.40 Å². The minimum Gasteiger partial charge on any atom is -0.462 e. The maximum atomic E-state index is 12.7. The Morgan fingerprint density at radius 2 is 1.86 bits per heavy atom. The van der Waals surface area contributed by atoms with Crippen LogP contribution in [-0.2, 0) is 6.54 Å². The van der Waals surface area contributed by atoms with E-state index in [0.717, 1.165) is 23.8 Å². The lowest BCUT2D eigenvalue weighted by atomic mass is 10.3. The summed E-state index contributed by atoms with van der Waals surface area (Å²) in [5.41, 5.74) is -1.25. The number of ether oxygens (including phenoxy) is 1. The number of hydrogen-bond acceptors (Lipinski definition) is 2. The summed E-state index contributed by atoms with van der Waals surface area (Å²) in [6.07, 6.45) is -8.88. The second-order valence-corrected chi connectivity index (χ2v) is 4.31. The molecule has 120 valence electrons. The first kappa shape index (κ1) is 16.1. The van der Waals surface area contributed by atoms with Crippen molar-refractivity contribution in [2.75, 3.05) is 7.11 Å². The van der Waals surface area contributed by atoms with Crippen LogP contribution in [0.15, 0.2) is 24.4 Å². The first-order valence-corrected chi connectivity index (χ1v) is 5.81. The molecule has 0 amide bonds. The first-order chi connectivity index (χ1) is 10.1. The van der Waals surface area contributed by atoms with Crippen LogP contribution in [0, 0.1) is 0 Å². The lowest BCUT2D eigenvalue weighted by molar-refractivity contribution is -0.699. The van der Waals surface area contributed by atoms with Gasteiger partial charge in [-0.2, -0.15) is 35.3 Å². The molecule has 22 heavy (non-hydrogen) atoms. The number of alkyl halides is 6. The third-order valence-electron chi connectivity index (χ3n) is 2.81. The Balaban J connectivity index is 2.79. The Morgan fingerprint density at radius 3 is 2.36 bits per heavy atom. The van der Waals surface area contributed by atoms with Gasteiger partial charge in [-0.15, -0.1) is 0 Å². The summed E-state index contributed by atoms with van der Waals surface area (Å²) in [4.78, 5) is 11.5. The van der Waals surface area contributed by atoms with Crippen molar-refractivity contribution < 1.29 is 40.4 Å². The molecule has 2 heterocycles.